The van der Waals surface area contributed by atoms with Crippen molar-refractivity contribution in [1.29, 1.82) is 0 Å². The number of fused-ring (bicyclic) bond motifs is 14. The van der Waals surface area contributed by atoms with Gasteiger partial charge in [-0.25, -0.2) is 0 Å². The Morgan fingerprint density at radius 3 is 1.72 bits per heavy atom. The molecular weight excluding hydrogens is 757 g/mol. The summed E-state index contributed by atoms with van der Waals surface area (Å²) >= 11 is 1.85. The molecule has 0 bridgehead atoms. The van der Waals surface area contributed by atoms with Crippen molar-refractivity contribution in [3.63, 3.8) is 0 Å². The Kier molecular flexibility index (Phi) is 7.68. The maximum Gasteiger partial charge on any atom is 0.0726 e. The highest BCUT2D eigenvalue weighted by Gasteiger charge is 2.51. The van der Waals surface area contributed by atoms with E-state index in [4.69, 9.17) is 0 Å². The molecule has 0 saturated heterocycles. The lowest BCUT2D eigenvalue weighted by Gasteiger charge is -2.34. The Bertz CT molecular complexity index is 3210. The van der Waals surface area contributed by atoms with E-state index in [9.17, 15) is 0 Å². The molecule has 3 heteroatoms. The average Bonchev–Trinajstić information content (AvgIpc) is 3.79. The minimum Gasteiger partial charge on any atom is -0.341 e. The second-order valence-corrected chi connectivity index (χ2v) is 17.8. The number of para-hydroxylation sites is 3. The quantitative estimate of drug-likeness (QED) is 0.164. The SMILES string of the molecule is C(=C\c1ccc2cc(N3c4ccccc4Sc4ccccc43)ccc2c1)/c1ccc2c(c1)C1(c3ccccc3-c3ccccc31)c1cc(N3CCCc4ccccc43)ccc1-2. The van der Waals surface area contributed by atoms with Gasteiger partial charge in [0.05, 0.1) is 16.8 Å². The Hall–Kier alpha value is -7.07. The Morgan fingerprint density at radius 1 is 0.426 bits per heavy atom. The number of hydrogen-bond acceptors (Lipinski definition) is 3. The fourth-order valence-corrected chi connectivity index (χ4v) is 11.9. The van der Waals surface area contributed by atoms with Gasteiger partial charge in [-0.15, -0.1) is 0 Å². The summed E-state index contributed by atoms with van der Waals surface area (Å²) in [5.74, 6) is 0. The average molecular weight is 797 g/mol. The van der Waals surface area contributed by atoms with Gasteiger partial charge in [-0.1, -0.05) is 151 Å². The number of anilines is 5. The fourth-order valence-electron chi connectivity index (χ4n) is 10.9. The summed E-state index contributed by atoms with van der Waals surface area (Å²) in [6, 6.07) is 72.8. The summed E-state index contributed by atoms with van der Waals surface area (Å²) in [4.78, 5) is 7.50. The van der Waals surface area contributed by atoms with Crippen LogP contribution in [0.1, 0.15) is 45.4 Å². The molecular formula is C58H40N2S. The first-order chi connectivity index (χ1) is 30.2. The summed E-state index contributed by atoms with van der Waals surface area (Å²) < 4.78 is 0. The molecule has 0 fully saturated rings. The molecule has 2 heterocycles. The van der Waals surface area contributed by atoms with Crippen molar-refractivity contribution < 1.29 is 0 Å². The predicted octanol–water partition coefficient (Wildman–Crippen LogP) is 15.4. The fraction of sp³-hybridized carbons (Fsp3) is 0.0690. The topological polar surface area (TPSA) is 6.48 Å². The van der Waals surface area contributed by atoms with Gasteiger partial charge in [-0.05, 0) is 152 Å². The zero-order valence-electron chi connectivity index (χ0n) is 33.6. The van der Waals surface area contributed by atoms with Crippen molar-refractivity contribution in [2.45, 2.75) is 28.0 Å². The number of benzene rings is 9. The molecule has 9 aromatic carbocycles. The highest BCUT2D eigenvalue weighted by molar-refractivity contribution is 7.99. The van der Waals surface area contributed by atoms with E-state index in [1.54, 1.807) is 0 Å². The highest BCUT2D eigenvalue weighted by atomic mass is 32.2. The van der Waals surface area contributed by atoms with Crippen LogP contribution < -0.4 is 9.80 Å². The van der Waals surface area contributed by atoms with E-state index in [-0.39, 0.29) is 0 Å². The first-order valence-corrected chi connectivity index (χ1v) is 22.3. The predicted molar refractivity (Wildman–Crippen MR) is 256 cm³/mol. The second-order valence-electron chi connectivity index (χ2n) is 16.8. The van der Waals surface area contributed by atoms with Crippen molar-refractivity contribution in [2.24, 2.45) is 0 Å². The molecule has 0 N–H and O–H groups in total. The van der Waals surface area contributed by atoms with Crippen LogP contribution in [0.3, 0.4) is 0 Å². The van der Waals surface area contributed by atoms with Crippen LogP contribution in [0.25, 0.3) is 45.2 Å². The van der Waals surface area contributed by atoms with Gasteiger partial charge >= 0.3 is 0 Å². The molecule has 0 aromatic heterocycles. The Labute approximate surface area is 361 Å². The van der Waals surface area contributed by atoms with Gasteiger partial charge in [-0.2, -0.15) is 0 Å². The number of nitrogens with zero attached hydrogens (tertiary/aromatic N) is 2. The molecule has 0 saturated carbocycles. The van der Waals surface area contributed by atoms with Crippen LogP contribution >= 0.6 is 11.8 Å². The normalized spacial score (nSPS) is 15.0. The van der Waals surface area contributed by atoms with Crippen LogP contribution in [0.15, 0.2) is 204 Å². The largest absolute Gasteiger partial charge is 0.341 e. The zero-order valence-corrected chi connectivity index (χ0v) is 34.4. The van der Waals surface area contributed by atoms with E-state index in [0.29, 0.717) is 0 Å². The molecule has 0 amide bonds. The van der Waals surface area contributed by atoms with Crippen LogP contribution in [0.2, 0.25) is 0 Å². The zero-order chi connectivity index (χ0) is 40.1. The van der Waals surface area contributed by atoms with Gasteiger partial charge in [-0.3, -0.25) is 0 Å². The molecule has 2 aliphatic carbocycles. The maximum atomic E-state index is 2.55. The van der Waals surface area contributed by atoms with Crippen LogP contribution in [-0.4, -0.2) is 6.54 Å². The molecule has 0 radical (unpaired) electrons. The summed E-state index contributed by atoms with van der Waals surface area (Å²) in [6.45, 7) is 1.02. The van der Waals surface area contributed by atoms with E-state index in [1.165, 1.54) is 110 Å². The highest BCUT2D eigenvalue weighted by Crippen LogP contribution is 2.63. The molecule has 13 rings (SSSR count). The molecule has 2 aliphatic heterocycles. The van der Waals surface area contributed by atoms with Crippen molar-refractivity contribution in [3.8, 4) is 22.3 Å². The van der Waals surface area contributed by atoms with Crippen LogP contribution in [0, 0.1) is 0 Å². The Morgan fingerprint density at radius 2 is 0.967 bits per heavy atom. The lowest BCUT2D eigenvalue weighted by molar-refractivity contribution is 0.762. The van der Waals surface area contributed by atoms with Gasteiger partial charge in [0, 0.05) is 33.4 Å². The molecule has 1 spiro atoms. The molecule has 4 aliphatic rings. The van der Waals surface area contributed by atoms with Crippen LogP contribution in [0.5, 0.6) is 0 Å². The van der Waals surface area contributed by atoms with Gasteiger partial charge < -0.3 is 9.80 Å². The summed E-state index contributed by atoms with van der Waals surface area (Å²) in [6.07, 6.45) is 6.86. The minimum absolute atomic E-state index is 0.415. The van der Waals surface area contributed by atoms with Gasteiger partial charge in [0.25, 0.3) is 0 Å². The van der Waals surface area contributed by atoms with E-state index < -0.39 is 5.41 Å². The third kappa shape index (κ3) is 5.17. The van der Waals surface area contributed by atoms with Gasteiger partial charge in [0.1, 0.15) is 0 Å². The third-order valence-electron chi connectivity index (χ3n) is 13.5. The van der Waals surface area contributed by atoms with Crippen LogP contribution in [-0.2, 0) is 11.8 Å². The summed E-state index contributed by atoms with van der Waals surface area (Å²) in [5, 5.41) is 2.46. The lowest BCUT2D eigenvalue weighted by Crippen LogP contribution is -2.27. The summed E-state index contributed by atoms with van der Waals surface area (Å²) in [5.41, 5.74) is 20.4. The van der Waals surface area contributed by atoms with Crippen molar-refractivity contribution >= 4 is 63.1 Å². The monoisotopic (exact) mass is 796 g/mol. The minimum atomic E-state index is -0.415. The summed E-state index contributed by atoms with van der Waals surface area (Å²) in [7, 11) is 0. The maximum absolute atomic E-state index is 2.55. The van der Waals surface area contributed by atoms with E-state index in [0.717, 1.165) is 19.4 Å². The van der Waals surface area contributed by atoms with Crippen molar-refractivity contribution in [2.75, 3.05) is 16.3 Å². The molecule has 61 heavy (non-hydrogen) atoms. The molecule has 288 valence electrons. The van der Waals surface area contributed by atoms with Crippen molar-refractivity contribution in [3.05, 3.63) is 233 Å². The first kappa shape index (κ1) is 34.8. The molecule has 0 atom stereocenters. The standard InChI is InChI=1S/C58H40N2S/c1-6-18-53-40(12-1)13-11-33-59(53)43-30-32-48-47-31-26-39(35-51(47)58(52(48)37-43)49-16-4-2-14-45(49)46-15-3-5-17-50(46)58)24-23-38-25-27-42-36-44(29-28-41(42)34-38)60-54-19-7-9-21-56(54)61-57-22-10-8-20-55(57)60/h1-10,12,14-32,34-37H,11,13,33H2/b24-23+. The second kappa shape index (κ2) is 13.5. The molecule has 0 unspecified atom stereocenters. The smallest absolute Gasteiger partial charge is 0.0726 e. The van der Waals surface area contributed by atoms with Crippen molar-refractivity contribution in [1.82, 2.24) is 0 Å². The lowest BCUT2D eigenvalue weighted by atomic mass is 9.70. The van der Waals surface area contributed by atoms with Crippen LogP contribution in [0.4, 0.5) is 28.4 Å². The Balaban J connectivity index is 0.896. The van der Waals surface area contributed by atoms with Gasteiger partial charge in [0.2, 0.25) is 0 Å². The van der Waals surface area contributed by atoms with E-state index in [1.807, 2.05) is 11.8 Å². The third-order valence-corrected chi connectivity index (χ3v) is 14.7. The number of hydrogen-bond donors (Lipinski definition) is 0. The molecule has 2 nitrogen and oxygen atoms in total. The number of aryl methyl sites for hydroxylation is 1. The van der Waals surface area contributed by atoms with E-state index in [2.05, 4.69) is 216 Å². The van der Waals surface area contributed by atoms with Gasteiger partial charge in [0.15, 0.2) is 0 Å². The first-order valence-electron chi connectivity index (χ1n) is 21.4. The molecule has 9 aromatic rings. The number of rotatable bonds is 4. The van der Waals surface area contributed by atoms with E-state index >= 15 is 0 Å².